The number of thiophene rings is 1. The SMILES string of the molecule is C=CC(=C)Cc1ccccc1.C=CC(C)(C)c1ccccc1-c1cscc1C. The highest BCUT2D eigenvalue weighted by atomic mass is 32.1. The molecule has 0 N–H and O–H groups in total. The third-order valence-electron chi connectivity index (χ3n) is 4.84. The summed E-state index contributed by atoms with van der Waals surface area (Å²) >= 11 is 1.76. The Labute approximate surface area is 174 Å². The zero-order valence-corrected chi connectivity index (χ0v) is 18.1. The molecule has 0 bridgehead atoms. The number of hydrogen-bond donors (Lipinski definition) is 0. The second kappa shape index (κ2) is 10.1. The molecule has 0 unspecified atom stereocenters. The fourth-order valence-corrected chi connectivity index (χ4v) is 3.80. The molecule has 1 heteroatoms. The van der Waals surface area contributed by atoms with Crippen molar-refractivity contribution >= 4 is 11.3 Å². The molecule has 1 aromatic heterocycles. The van der Waals surface area contributed by atoms with Gasteiger partial charge in [0.1, 0.15) is 0 Å². The van der Waals surface area contributed by atoms with Gasteiger partial charge in [-0.15, -0.1) is 6.58 Å². The van der Waals surface area contributed by atoms with E-state index in [0.717, 1.165) is 12.0 Å². The van der Waals surface area contributed by atoms with Crippen LogP contribution in [-0.4, -0.2) is 0 Å². The first-order valence-electron chi connectivity index (χ1n) is 9.49. The average Bonchev–Trinajstić information content (AvgIpc) is 3.15. The summed E-state index contributed by atoms with van der Waals surface area (Å²) in [6.07, 6.45) is 4.73. The van der Waals surface area contributed by atoms with E-state index in [9.17, 15) is 0 Å². The van der Waals surface area contributed by atoms with E-state index < -0.39 is 0 Å². The van der Waals surface area contributed by atoms with Crippen LogP contribution in [-0.2, 0) is 11.8 Å². The summed E-state index contributed by atoms with van der Waals surface area (Å²) < 4.78 is 0. The zero-order chi connectivity index (χ0) is 20.6. The first-order valence-corrected chi connectivity index (χ1v) is 10.4. The van der Waals surface area contributed by atoms with Crippen LogP contribution in [0.15, 0.2) is 103 Å². The molecule has 0 spiro atoms. The van der Waals surface area contributed by atoms with Crippen molar-refractivity contribution in [1.82, 2.24) is 0 Å². The van der Waals surface area contributed by atoms with Gasteiger partial charge in [-0.2, -0.15) is 11.3 Å². The molecule has 0 saturated carbocycles. The predicted octanol–water partition coefficient (Wildman–Crippen LogP) is 8.16. The monoisotopic (exact) mass is 386 g/mol. The van der Waals surface area contributed by atoms with Crippen LogP contribution >= 0.6 is 11.3 Å². The largest absolute Gasteiger partial charge is 0.151 e. The Morgan fingerprint density at radius 3 is 2.14 bits per heavy atom. The van der Waals surface area contributed by atoms with Crippen LogP contribution in [0.5, 0.6) is 0 Å². The maximum absolute atomic E-state index is 3.96. The van der Waals surface area contributed by atoms with Crippen molar-refractivity contribution in [2.24, 2.45) is 0 Å². The summed E-state index contributed by atoms with van der Waals surface area (Å²) in [6, 6.07) is 18.9. The van der Waals surface area contributed by atoms with Gasteiger partial charge in [-0.3, -0.25) is 0 Å². The smallest absolute Gasteiger partial charge is 0.00788 e. The van der Waals surface area contributed by atoms with E-state index in [1.54, 1.807) is 17.4 Å². The molecule has 0 atom stereocenters. The quantitative estimate of drug-likeness (QED) is 0.296. The Morgan fingerprint density at radius 1 is 0.929 bits per heavy atom. The highest BCUT2D eigenvalue weighted by Gasteiger charge is 2.20. The van der Waals surface area contributed by atoms with E-state index in [2.05, 4.69) is 87.7 Å². The lowest BCUT2D eigenvalue weighted by Crippen LogP contribution is -2.14. The van der Waals surface area contributed by atoms with Gasteiger partial charge in [-0.25, -0.2) is 0 Å². The Hall–Kier alpha value is -2.64. The number of hydrogen-bond acceptors (Lipinski definition) is 1. The van der Waals surface area contributed by atoms with E-state index in [0.29, 0.717) is 0 Å². The maximum Gasteiger partial charge on any atom is 0.00788 e. The fourth-order valence-electron chi connectivity index (χ4n) is 2.96. The molecule has 0 aliphatic carbocycles. The minimum Gasteiger partial charge on any atom is -0.151 e. The molecule has 3 rings (SSSR count). The molecule has 144 valence electrons. The van der Waals surface area contributed by atoms with Crippen molar-refractivity contribution in [2.45, 2.75) is 32.6 Å². The van der Waals surface area contributed by atoms with E-state index in [1.807, 2.05) is 24.3 Å². The molecule has 0 aliphatic rings. The second-order valence-electron chi connectivity index (χ2n) is 7.46. The van der Waals surface area contributed by atoms with Gasteiger partial charge < -0.3 is 0 Å². The lowest BCUT2D eigenvalue weighted by Gasteiger charge is -2.24. The molecule has 0 fully saturated rings. The van der Waals surface area contributed by atoms with Gasteiger partial charge in [-0.1, -0.05) is 99.3 Å². The van der Waals surface area contributed by atoms with Crippen molar-refractivity contribution in [3.05, 3.63) is 120 Å². The lowest BCUT2D eigenvalue weighted by atomic mass is 9.80. The third-order valence-corrected chi connectivity index (χ3v) is 5.70. The summed E-state index contributed by atoms with van der Waals surface area (Å²) in [4.78, 5) is 0. The number of aryl methyl sites for hydroxylation is 1. The van der Waals surface area contributed by atoms with Gasteiger partial charge in [0.2, 0.25) is 0 Å². The van der Waals surface area contributed by atoms with Crippen molar-refractivity contribution in [3.63, 3.8) is 0 Å². The van der Waals surface area contributed by atoms with Crippen LogP contribution in [0.1, 0.15) is 30.5 Å². The molecule has 0 saturated heterocycles. The van der Waals surface area contributed by atoms with Gasteiger partial charge >= 0.3 is 0 Å². The van der Waals surface area contributed by atoms with Crippen LogP contribution in [0.4, 0.5) is 0 Å². The molecule has 3 aromatic rings. The molecule has 1 heterocycles. The summed E-state index contributed by atoms with van der Waals surface area (Å²) in [5, 5.41) is 4.43. The summed E-state index contributed by atoms with van der Waals surface area (Å²) in [7, 11) is 0. The average molecular weight is 387 g/mol. The Balaban J connectivity index is 0.000000221. The molecular weight excluding hydrogens is 356 g/mol. The van der Waals surface area contributed by atoms with Crippen molar-refractivity contribution in [3.8, 4) is 11.1 Å². The fraction of sp³-hybridized carbons (Fsp3) is 0.185. The molecule has 0 amide bonds. The minimum atomic E-state index is 0.00493. The van der Waals surface area contributed by atoms with Gasteiger partial charge in [0, 0.05) is 5.41 Å². The van der Waals surface area contributed by atoms with E-state index in [4.69, 9.17) is 0 Å². The van der Waals surface area contributed by atoms with Gasteiger partial charge in [-0.05, 0) is 51.9 Å². The lowest BCUT2D eigenvalue weighted by molar-refractivity contribution is 0.674. The van der Waals surface area contributed by atoms with Crippen LogP contribution in [0, 0.1) is 6.92 Å². The zero-order valence-electron chi connectivity index (χ0n) is 17.2. The van der Waals surface area contributed by atoms with E-state index in [1.165, 1.54) is 27.8 Å². The topological polar surface area (TPSA) is 0 Å². The number of rotatable bonds is 6. The molecule has 0 nitrogen and oxygen atoms in total. The standard InChI is InChI=1S/C16H18S.C11H12/c1-5-16(3,4)15-9-7-6-8-13(15)14-11-17-10-12(14)2;1-3-10(2)9-11-7-5-4-6-8-11/h5-11H,1H2,2-4H3;3-8H,1-2,9H2. The van der Waals surface area contributed by atoms with Crippen molar-refractivity contribution < 1.29 is 0 Å². The van der Waals surface area contributed by atoms with Crippen LogP contribution < -0.4 is 0 Å². The first kappa shape index (κ1) is 21.7. The van der Waals surface area contributed by atoms with Crippen LogP contribution in [0.2, 0.25) is 0 Å². The van der Waals surface area contributed by atoms with Gasteiger partial charge in [0.05, 0.1) is 0 Å². The number of benzene rings is 2. The highest BCUT2D eigenvalue weighted by Crippen LogP contribution is 2.36. The van der Waals surface area contributed by atoms with Crippen LogP contribution in [0.3, 0.4) is 0 Å². The first-order chi connectivity index (χ1) is 13.4. The predicted molar refractivity (Wildman–Crippen MR) is 127 cm³/mol. The maximum atomic E-state index is 3.96. The second-order valence-corrected chi connectivity index (χ2v) is 8.21. The Bertz CT molecular complexity index is 926. The van der Waals surface area contributed by atoms with Gasteiger partial charge in [0.15, 0.2) is 0 Å². The normalized spacial score (nSPS) is 10.5. The Kier molecular flexibility index (Phi) is 7.78. The van der Waals surface area contributed by atoms with Gasteiger partial charge in [0.25, 0.3) is 0 Å². The molecular formula is C27H30S. The van der Waals surface area contributed by atoms with Crippen molar-refractivity contribution in [1.29, 1.82) is 0 Å². The molecule has 28 heavy (non-hydrogen) atoms. The third kappa shape index (κ3) is 5.68. The summed E-state index contributed by atoms with van der Waals surface area (Å²) in [5.41, 5.74) is 7.73. The molecule has 2 aromatic carbocycles. The van der Waals surface area contributed by atoms with Crippen molar-refractivity contribution in [2.75, 3.05) is 0 Å². The van der Waals surface area contributed by atoms with E-state index >= 15 is 0 Å². The van der Waals surface area contributed by atoms with E-state index in [-0.39, 0.29) is 5.41 Å². The number of allylic oxidation sites excluding steroid dienone is 3. The summed E-state index contributed by atoms with van der Waals surface area (Å²) in [5.74, 6) is 0. The minimum absolute atomic E-state index is 0.00493. The molecule has 0 radical (unpaired) electrons. The molecule has 0 aliphatic heterocycles. The van der Waals surface area contributed by atoms with Crippen LogP contribution in [0.25, 0.3) is 11.1 Å². The summed E-state index contributed by atoms with van der Waals surface area (Å²) in [6.45, 7) is 18.1. The Morgan fingerprint density at radius 2 is 1.57 bits per heavy atom. The highest BCUT2D eigenvalue weighted by molar-refractivity contribution is 7.08.